The number of hydrogen-bond donors (Lipinski definition) is 2. The first-order valence-corrected chi connectivity index (χ1v) is 7.95. The highest BCUT2D eigenvalue weighted by Gasteiger charge is 2.15. The topological polar surface area (TPSA) is 72.2 Å². The average Bonchev–Trinajstić information content (AvgIpc) is 2.38. The monoisotopic (exact) mass is 310 g/mol. The van der Waals surface area contributed by atoms with E-state index in [1.54, 1.807) is 36.4 Å². The van der Waals surface area contributed by atoms with Crippen LogP contribution in [-0.4, -0.2) is 8.42 Å². The zero-order valence-electron chi connectivity index (χ0n) is 10.9. The molecule has 0 spiro atoms. The fourth-order valence-corrected chi connectivity index (χ4v) is 3.10. The van der Waals surface area contributed by atoms with Crippen LogP contribution < -0.4 is 10.5 Å². The Kier molecular flexibility index (Phi) is 4.20. The lowest BCUT2D eigenvalue weighted by Crippen LogP contribution is -2.13. The number of hydrogen-bond acceptors (Lipinski definition) is 3. The first kappa shape index (κ1) is 14.7. The minimum Gasteiger partial charge on any atom is -0.398 e. The van der Waals surface area contributed by atoms with Gasteiger partial charge in [0.15, 0.2) is 0 Å². The van der Waals surface area contributed by atoms with Gasteiger partial charge in [-0.1, -0.05) is 30.7 Å². The van der Waals surface area contributed by atoms with E-state index >= 15 is 0 Å². The maximum Gasteiger partial charge on any atom is 0.261 e. The van der Waals surface area contributed by atoms with Crippen molar-refractivity contribution in [2.75, 3.05) is 10.5 Å². The third kappa shape index (κ3) is 3.23. The Morgan fingerprint density at radius 2 is 1.95 bits per heavy atom. The Morgan fingerprint density at radius 3 is 2.55 bits per heavy atom. The lowest BCUT2D eigenvalue weighted by atomic mass is 10.1. The molecule has 0 saturated heterocycles. The van der Waals surface area contributed by atoms with E-state index in [2.05, 4.69) is 4.72 Å². The molecule has 0 aliphatic carbocycles. The van der Waals surface area contributed by atoms with E-state index in [-0.39, 0.29) is 4.90 Å². The lowest BCUT2D eigenvalue weighted by Gasteiger charge is -2.10. The van der Waals surface area contributed by atoms with Gasteiger partial charge in [-0.25, -0.2) is 8.42 Å². The Labute approximate surface area is 123 Å². The molecule has 0 amide bonds. The SMILES string of the molecule is CCc1ccc(S(=O)(=O)Nc2cccc(Cl)c2)cc1N. The van der Waals surface area contributed by atoms with Crippen molar-refractivity contribution >= 4 is 33.0 Å². The molecule has 4 nitrogen and oxygen atoms in total. The van der Waals surface area contributed by atoms with E-state index in [9.17, 15) is 8.42 Å². The quantitative estimate of drug-likeness (QED) is 0.851. The van der Waals surface area contributed by atoms with Crippen LogP contribution in [0.25, 0.3) is 0 Å². The number of nitrogen functional groups attached to an aromatic ring is 1. The summed E-state index contributed by atoms with van der Waals surface area (Å²) in [6.07, 6.45) is 0.758. The Morgan fingerprint density at radius 1 is 1.20 bits per heavy atom. The van der Waals surface area contributed by atoms with Crippen LogP contribution in [0.1, 0.15) is 12.5 Å². The van der Waals surface area contributed by atoms with Crippen molar-refractivity contribution in [3.63, 3.8) is 0 Å². The van der Waals surface area contributed by atoms with Gasteiger partial charge < -0.3 is 5.73 Å². The maximum atomic E-state index is 12.3. The Hall–Kier alpha value is -1.72. The number of halogens is 1. The van der Waals surface area contributed by atoms with E-state index in [1.165, 1.54) is 6.07 Å². The second-order valence-electron chi connectivity index (χ2n) is 4.33. The summed E-state index contributed by atoms with van der Waals surface area (Å²) >= 11 is 5.83. The largest absolute Gasteiger partial charge is 0.398 e. The molecule has 0 bridgehead atoms. The van der Waals surface area contributed by atoms with Gasteiger partial charge in [-0.05, 0) is 42.3 Å². The average molecular weight is 311 g/mol. The summed E-state index contributed by atoms with van der Waals surface area (Å²) in [6, 6.07) is 11.3. The molecule has 0 heterocycles. The molecule has 0 aromatic heterocycles. The molecule has 106 valence electrons. The van der Waals surface area contributed by atoms with Gasteiger partial charge in [0, 0.05) is 10.7 Å². The molecular formula is C14H15ClN2O2S. The lowest BCUT2D eigenvalue weighted by molar-refractivity contribution is 0.601. The van der Waals surface area contributed by atoms with Crippen LogP contribution >= 0.6 is 11.6 Å². The second-order valence-corrected chi connectivity index (χ2v) is 6.45. The molecule has 3 N–H and O–H groups in total. The van der Waals surface area contributed by atoms with Crippen LogP contribution in [0, 0.1) is 0 Å². The number of rotatable bonds is 4. The molecule has 2 rings (SSSR count). The molecule has 0 saturated carbocycles. The summed E-state index contributed by atoms with van der Waals surface area (Å²) in [7, 11) is -3.67. The van der Waals surface area contributed by atoms with Gasteiger partial charge in [0.05, 0.1) is 10.6 Å². The van der Waals surface area contributed by atoms with Gasteiger partial charge in [0.25, 0.3) is 10.0 Å². The number of aryl methyl sites for hydroxylation is 1. The zero-order chi connectivity index (χ0) is 14.8. The molecule has 2 aromatic rings. The van der Waals surface area contributed by atoms with Crippen LogP contribution in [0.2, 0.25) is 5.02 Å². The molecule has 6 heteroatoms. The van der Waals surface area contributed by atoms with E-state index in [0.29, 0.717) is 16.4 Å². The second kappa shape index (κ2) is 5.73. The van der Waals surface area contributed by atoms with Crippen LogP contribution in [0.4, 0.5) is 11.4 Å². The van der Waals surface area contributed by atoms with Crippen LogP contribution in [0.5, 0.6) is 0 Å². The number of sulfonamides is 1. The molecule has 0 fully saturated rings. The predicted molar refractivity (Wildman–Crippen MR) is 82.5 cm³/mol. The standard InChI is InChI=1S/C14H15ClN2O2S/c1-2-10-6-7-13(9-14(10)16)20(18,19)17-12-5-3-4-11(15)8-12/h3-9,17H,2,16H2,1H3. The van der Waals surface area contributed by atoms with Crippen molar-refractivity contribution in [2.24, 2.45) is 0 Å². The highest BCUT2D eigenvalue weighted by molar-refractivity contribution is 7.92. The minimum atomic E-state index is -3.67. The Bertz CT molecular complexity index is 730. The molecule has 2 aromatic carbocycles. The summed E-state index contributed by atoms with van der Waals surface area (Å²) in [5, 5.41) is 0.464. The first-order chi connectivity index (χ1) is 9.42. The van der Waals surface area contributed by atoms with Crippen molar-refractivity contribution in [3.8, 4) is 0 Å². The van der Waals surface area contributed by atoms with Crippen molar-refractivity contribution in [1.29, 1.82) is 0 Å². The number of nitrogens with two attached hydrogens (primary N) is 1. The molecule has 20 heavy (non-hydrogen) atoms. The van der Waals surface area contributed by atoms with Gasteiger partial charge >= 0.3 is 0 Å². The number of anilines is 2. The van der Waals surface area contributed by atoms with Crippen LogP contribution in [0.3, 0.4) is 0 Å². The van der Waals surface area contributed by atoms with Gasteiger partial charge in [-0.3, -0.25) is 4.72 Å². The van der Waals surface area contributed by atoms with Gasteiger partial charge in [-0.15, -0.1) is 0 Å². The fraction of sp³-hybridized carbons (Fsp3) is 0.143. The Balaban J connectivity index is 2.33. The van der Waals surface area contributed by atoms with Crippen LogP contribution in [-0.2, 0) is 16.4 Å². The number of benzene rings is 2. The van der Waals surface area contributed by atoms with E-state index < -0.39 is 10.0 Å². The fourth-order valence-electron chi connectivity index (χ4n) is 1.83. The minimum absolute atomic E-state index is 0.132. The van der Waals surface area contributed by atoms with Crippen molar-refractivity contribution in [2.45, 2.75) is 18.2 Å². The maximum absolute atomic E-state index is 12.3. The van der Waals surface area contributed by atoms with Crippen molar-refractivity contribution < 1.29 is 8.42 Å². The number of nitrogens with one attached hydrogen (secondary N) is 1. The van der Waals surface area contributed by atoms with Crippen molar-refractivity contribution in [3.05, 3.63) is 53.1 Å². The highest BCUT2D eigenvalue weighted by atomic mass is 35.5. The third-order valence-corrected chi connectivity index (χ3v) is 4.50. The molecule has 0 aliphatic heterocycles. The summed E-state index contributed by atoms with van der Waals surface area (Å²) in [5.74, 6) is 0. The zero-order valence-corrected chi connectivity index (χ0v) is 12.5. The van der Waals surface area contributed by atoms with Crippen LogP contribution in [0.15, 0.2) is 47.4 Å². The smallest absolute Gasteiger partial charge is 0.261 e. The summed E-state index contributed by atoms with van der Waals surface area (Å²) in [6.45, 7) is 1.96. The molecular weight excluding hydrogens is 296 g/mol. The normalized spacial score (nSPS) is 11.3. The van der Waals surface area contributed by atoms with Crippen molar-refractivity contribution in [1.82, 2.24) is 0 Å². The van der Waals surface area contributed by atoms with Gasteiger partial charge in [-0.2, -0.15) is 0 Å². The molecule has 0 atom stereocenters. The predicted octanol–water partition coefficient (Wildman–Crippen LogP) is 3.29. The third-order valence-electron chi connectivity index (χ3n) is 2.89. The van der Waals surface area contributed by atoms with E-state index in [1.807, 2.05) is 6.92 Å². The van der Waals surface area contributed by atoms with E-state index in [0.717, 1.165) is 12.0 Å². The van der Waals surface area contributed by atoms with Gasteiger partial charge in [0.1, 0.15) is 0 Å². The first-order valence-electron chi connectivity index (χ1n) is 6.09. The molecule has 0 unspecified atom stereocenters. The summed E-state index contributed by atoms with van der Waals surface area (Å²) < 4.78 is 27.0. The highest BCUT2D eigenvalue weighted by Crippen LogP contribution is 2.22. The molecule has 0 radical (unpaired) electrons. The van der Waals surface area contributed by atoms with E-state index in [4.69, 9.17) is 17.3 Å². The summed E-state index contributed by atoms with van der Waals surface area (Å²) in [4.78, 5) is 0.132. The van der Waals surface area contributed by atoms with Gasteiger partial charge in [0.2, 0.25) is 0 Å². The molecule has 0 aliphatic rings. The summed E-state index contributed by atoms with van der Waals surface area (Å²) in [5.41, 5.74) is 7.64.